The van der Waals surface area contributed by atoms with Crippen LogP contribution in [-0.4, -0.2) is 32.4 Å². The monoisotopic (exact) mass is 256 g/mol. The van der Waals surface area contributed by atoms with Crippen molar-refractivity contribution in [1.29, 1.82) is 0 Å². The first kappa shape index (κ1) is 13.6. The van der Waals surface area contributed by atoms with E-state index in [0.717, 1.165) is 20.8 Å². The second-order valence-corrected chi connectivity index (χ2v) is 4.56. The molecule has 0 aliphatic carbocycles. The van der Waals surface area contributed by atoms with Crippen molar-refractivity contribution in [2.75, 3.05) is 23.4 Å². The lowest BCUT2D eigenvalue weighted by molar-refractivity contribution is 0.605. The van der Waals surface area contributed by atoms with E-state index < -0.39 is 11.2 Å². The number of anilines is 1. The van der Waals surface area contributed by atoms with Gasteiger partial charge in [0.1, 0.15) is 0 Å². The van der Waals surface area contributed by atoms with Crippen molar-refractivity contribution >= 4 is 17.6 Å². The predicted molar refractivity (Wildman–Crippen MR) is 70.7 cm³/mol. The van der Waals surface area contributed by atoms with Crippen molar-refractivity contribution in [3.05, 3.63) is 33.5 Å². The molecule has 1 N–H and O–H groups in total. The molecule has 0 aromatic carbocycles. The van der Waals surface area contributed by atoms with Gasteiger partial charge in [-0.25, -0.2) is 9.48 Å². The maximum absolute atomic E-state index is 11.7. The average Bonchev–Trinajstić information content (AvgIpc) is 2.32. The second-order valence-electron chi connectivity index (χ2n) is 3.41. The second kappa shape index (κ2) is 6.29. The first-order chi connectivity index (χ1) is 8.07. The first-order valence-electron chi connectivity index (χ1n) is 5.14. The number of aromatic nitrogens is 3. The summed E-state index contributed by atoms with van der Waals surface area (Å²) in [6.07, 6.45) is 1.83. The molecule has 94 valence electrons. The van der Waals surface area contributed by atoms with E-state index in [2.05, 4.69) is 17.0 Å². The highest BCUT2D eigenvalue weighted by atomic mass is 32.2. The van der Waals surface area contributed by atoms with Crippen LogP contribution in [0.5, 0.6) is 0 Å². The lowest BCUT2D eigenvalue weighted by Gasteiger charge is -2.07. The number of nitrogens with zero attached hydrogens (tertiary/aromatic N) is 3. The quantitative estimate of drug-likeness (QED) is 0.564. The molecular formula is C10H16N4O2S. The number of hydrogen-bond acceptors (Lipinski definition) is 5. The fraction of sp³-hybridized carbons (Fsp3) is 0.500. The fourth-order valence-corrected chi connectivity index (χ4v) is 1.80. The Balaban J connectivity index is 2.69. The van der Waals surface area contributed by atoms with E-state index in [1.807, 2.05) is 6.08 Å². The Labute approximate surface area is 103 Å². The SMILES string of the molecule is C=CCSCCNc1nn(C)c(=O)n(C)c1=O. The Morgan fingerprint density at radius 3 is 2.82 bits per heavy atom. The van der Waals surface area contributed by atoms with Crippen LogP contribution in [0.25, 0.3) is 0 Å². The summed E-state index contributed by atoms with van der Waals surface area (Å²) in [6.45, 7) is 4.24. The smallest absolute Gasteiger partial charge is 0.346 e. The van der Waals surface area contributed by atoms with E-state index in [1.165, 1.54) is 14.1 Å². The minimum atomic E-state index is -0.429. The Hall–Kier alpha value is -1.50. The van der Waals surface area contributed by atoms with Crippen LogP contribution in [0.1, 0.15) is 0 Å². The molecular weight excluding hydrogens is 240 g/mol. The number of rotatable bonds is 6. The maximum atomic E-state index is 11.7. The molecule has 1 rings (SSSR count). The number of hydrogen-bond donors (Lipinski definition) is 1. The van der Waals surface area contributed by atoms with Gasteiger partial charge in [0.05, 0.1) is 0 Å². The third-order valence-corrected chi connectivity index (χ3v) is 3.06. The van der Waals surface area contributed by atoms with Crippen LogP contribution in [0.2, 0.25) is 0 Å². The van der Waals surface area contributed by atoms with Gasteiger partial charge in [0.25, 0.3) is 5.56 Å². The molecule has 0 saturated carbocycles. The molecule has 0 atom stereocenters. The summed E-state index contributed by atoms with van der Waals surface area (Å²) in [6, 6.07) is 0. The highest BCUT2D eigenvalue weighted by Crippen LogP contribution is 1.99. The summed E-state index contributed by atoms with van der Waals surface area (Å²) in [5.74, 6) is 1.92. The van der Waals surface area contributed by atoms with Gasteiger partial charge in [0, 0.05) is 32.1 Å². The van der Waals surface area contributed by atoms with Crippen molar-refractivity contribution in [1.82, 2.24) is 14.3 Å². The van der Waals surface area contributed by atoms with Crippen LogP contribution in [0.4, 0.5) is 5.82 Å². The Morgan fingerprint density at radius 1 is 1.47 bits per heavy atom. The zero-order valence-electron chi connectivity index (χ0n) is 9.97. The third kappa shape index (κ3) is 3.48. The van der Waals surface area contributed by atoms with Gasteiger partial charge in [-0.05, 0) is 0 Å². The molecule has 0 amide bonds. The summed E-state index contributed by atoms with van der Waals surface area (Å²) in [7, 11) is 2.95. The number of nitrogens with one attached hydrogen (secondary N) is 1. The van der Waals surface area contributed by atoms with Crippen LogP contribution < -0.4 is 16.6 Å². The summed E-state index contributed by atoms with van der Waals surface area (Å²) in [4.78, 5) is 23.0. The minimum absolute atomic E-state index is 0.203. The molecule has 0 fully saturated rings. The molecule has 0 aliphatic rings. The van der Waals surface area contributed by atoms with E-state index in [4.69, 9.17) is 0 Å². The van der Waals surface area contributed by atoms with E-state index in [1.54, 1.807) is 11.8 Å². The first-order valence-corrected chi connectivity index (χ1v) is 6.30. The third-order valence-electron chi connectivity index (χ3n) is 2.10. The van der Waals surface area contributed by atoms with Crippen LogP contribution in [-0.2, 0) is 14.1 Å². The Morgan fingerprint density at radius 2 is 2.18 bits per heavy atom. The molecule has 0 radical (unpaired) electrons. The average molecular weight is 256 g/mol. The molecule has 0 bridgehead atoms. The Bertz CT molecular complexity index is 506. The minimum Gasteiger partial charge on any atom is -0.363 e. The summed E-state index contributed by atoms with van der Waals surface area (Å²) < 4.78 is 2.17. The molecule has 17 heavy (non-hydrogen) atoms. The van der Waals surface area contributed by atoms with Gasteiger partial charge in [0.2, 0.25) is 5.82 Å². The van der Waals surface area contributed by atoms with E-state index in [0.29, 0.717) is 6.54 Å². The topological polar surface area (TPSA) is 68.9 Å². The van der Waals surface area contributed by atoms with E-state index in [-0.39, 0.29) is 5.82 Å². The summed E-state index contributed by atoms with van der Waals surface area (Å²) >= 11 is 1.70. The molecule has 0 saturated heterocycles. The van der Waals surface area contributed by atoms with Crippen molar-refractivity contribution in [2.24, 2.45) is 14.1 Å². The van der Waals surface area contributed by atoms with Gasteiger partial charge in [0.15, 0.2) is 0 Å². The summed E-state index contributed by atoms with van der Waals surface area (Å²) in [5.41, 5.74) is -0.830. The van der Waals surface area contributed by atoms with Gasteiger partial charge in [-0.3, -0.25) is 9.36 Å². The normalized spacial score (nSPS) is 10.2. The Kier molecular flexibility index (Phi) is 5.02. The maximum Gasteiger partial charge on any atom is 0.346 e. The molecule has 0 spiro atoms. The van der Waals surface area contributed by atoms with Crippen molar-refractivity contribution in [3.63, 3.8) is 0 Å². The van der Waals surface area contributed by atoms with Gasteiger partial charge in [-0.2, -0.15) is 11.8 Å². The van der Waals surface area contributed by atoms with Gasteiger partial charge in [-0.15, -0.1) is 11.7 Å². The lowest BCUT2D eigenvalue weighted by Crippen LogP contribution is -2.40. The fourth-order valence-electron chi connectivity index (χ4n) is 1.22. The van der Waals surface area contributed by atoms with Gasteiger partial charge >= 0.3 is 5.69 Å². The standard InChI is InChI=1S/C10H16N4O2S/c1-4-6-17-7-5-11-8-9(15)13(2)10(16)14(3)12-8/h4H,1,5-7H2,2-3H3,(H,11,12). The summed E-state index contributed by atoms with van der Waals surface area (Å²) in [5, 5.41) is 6.80. The van der Waals surface area contributed by atoms with E-state index >= 15 is 0 Å². The van der Waals surface area contributed by atoms with Gasteiger partial charge in [-0.1, -0.05) is 6.08 Å². The zero-order chi connectivity index (χ0) is 12.8. The molecule has 1 aromatic rings. The molecule has 1 aromatic heterocycles. The van der Waals surface area contributed by atoms with Crippen LogP contribution in [0, 0.1) is 0 Å². The van der Waals surface area contributed by atoms with Crippen molar-refractivity contribution in [3.8, 4) is 0 Å². The van der Waals surface area contributed by atoms with Crippen molar-refractivity contribution in [2.45, 2.75) is 0 Å². The number of thioether (sulfide) groups is 1. The van der Waals surface area contributed by atoms with Gasteiger partial charge < -0.3 is 5.32 Å². The number of aryl methyl sites for hydroxylation is 1. The van der Waals surface area contributed by atoms with Crippen LogP contribution >= 0.6 is 11.8 Å². The van der Waals surface area contributed by atoms with E-state index in [9.17, 15) is 9.59 Å². The highest BCUT2D eigenvalue weighted by molar-refractivity contribution is 7.99. The van der Waals surface area contributed by atoms with Crippen molar-refractivity contribution < 1.29 is 0 Å². The molecule has 7 heteroatoms. The highest BCUT2D eigenvalue weighted by Gasteiger charge is 2.07. The lowest BCUT2D eigenvalue weighted by atomic mass is 10.6. The molecule has 1 heterocycles. The molecule has 6 nitrogen and oxygen atoms in total. The largest absolute Gasteiger partial charge is 0.363 e. The van der Waals surface area contributed by atoms with Crippen LogP contribution in [0.15, 0.2) is 22.2 Å². The molecule has 0 unspecified atom stereocenters. The predicted octanol–water partition coefficient (Wildman–Crippen LogP) is -0.190. The van der Waals surface area contributed by atoms with Crippen LogP contribution in [0.3, 0.4) is 0 Å². The zero-order valence-corrected chi connectivity index (χ0v) is 10.8. The molecule has 0 aliphatic heterocycles.